The van der Waals surface area contributed by atoms with E-state index >= 15 is 0 Å². The Morgan fingerprint density at radius 2 is 1.08 bits per heavy atom. The van der Waals surface area contributed by atoms with Crippen LogP contribution in [0.1, 0.15) is 33.2 Å². The van der Waals surface area contributed by atoms with Crippen LogP contribution in [-0.4, -0.2) is 0 Å². The number of nitrogens with zero attached hydrogens (tertiary/aromatic N) is 1. The number of hydrogen-bond donors (Lipinski definition) is 0. The first-order valence-corrected chi connectivity index (χ1v) is 16.4. The maximum atomic E-state index is 8.92. The van der Waals surface area contributed by atoms with Crippen molar-refractivity contribution >= 4 is 70.9 Å². The van der Waals surface area contributed by atoms with Crippen molar-refractivity contribution in [2.75, 3.05) is 4.90 Å². The molecule has 0 N–H and O–H groups in total. The number of anilines is 3. The molecule has 0 amide bonds. The van der Waals surface area contributed by atoms with Crippen LogP contribution in [0, 0.1) is 0 Å². The number of hydrogen-bond acceptors (Lipinski definition) is 1. The van der Waals surface area contributed by atoms with E-state index in [-0.39, 0.29) is 41.7 Å². The molecule has 0 aromatic heterocycles. The Morgan fingerprint density at radius 1 is 0.458 bits per heavy atom. The van der Waals surface area contributed by atoms with E-state index < -0.39 is 0 Å². The molecule has 0 unspecified atom stereocenters. The lowest BCUT2D eigenvalue weighted by molar-refractivity contribution is 0.660. The van der Waals surface area contributed by atoms with Gasteiger partial charge in [0.2, 0.25) is 0 Å². The Hall–Kier alpha value is -5.92. The molecule has 0 aliphatic heterocycles. The molecule has 10 rings (SSSR count). The van der Waals surface area contributed by atoms with Crippen molar-refractivity contribution in [3.63, 3.8) is 0 Å². The van der Waals surface area contributed by atoms with E-state index in [2.05, 4.69) is 104 Å². The van der Waals surface area contributed by atoms with Crippen LogP contribution in [-0.2, 0) is 5.41 Å². The monoisotopic (exact) mass is 617 g/mol. The first kappa shape index (κ1) is 21.8. The van der Waals surface area contributed by atoms with Gasteiger partial charge >= 0.3 is 0 Å². The Morgan fingerprint density at radius 3 is 1.92 bits per heavy atom. The zero-order valence-corrected chi connectivity index (χ0v) is 26.6. The zero-order valence-electron chi connectivity index (χ0n) is 32.6. The minimum Gasteiger partial charge on any atom is -0.310 e. The van der Waals surface area contributed by atoms with E-state index in [0.717, 1.165) is 49.4 Å². The predicted octanol–water partition coefficient (Wildman–Crippen LogP) is 13.2. The van der Waals surface area contributed by atoms with Crippen molar-refractivity contribution in [3.8, 4) is 11.1 Å². The van der Waals surface area contributed by atoms with Gasteiger partial charge in [0.1, 0.15) is 0 Å². The minimum absolute atomic E-state index is 0.00721. The summed E-state index contributed by atoms with van der Waals surface area (Å²) in [6.45, 7) is 4.57. The molecule has 1 aliphatic rings. The van der Waals surface area contributed by atoms with E-state index in [1.807, 2.05) is 30.3 Å². The van der Waals surface area contributed by atoms with Crippen molar-refractivity contribution in [3.05, 3.63) is 175 Å². The fourth-order valence-electron chi connectivity index (χ4n) is 8.06. The summed E-state index contributed by atoms with van der Waals surface area (Å²) in [5.41, 5.74) is 7.63. The Bertz CT molecular complexity index is 3110. The first-order valence-electron chi connectivity index (χ1n) is 19.4. The molecule has 1 nitrogen and oxygen atoms in total. The molecule has 0 fully saturated rings. The van der Waals surface area contributed by atoms with Gasteiger partial charge in [-0.1, -0.05) is 147 Å². The molecule has 0 radical (unpaired) electrons. The highest BCUT2D eigenvalue weighted by Crippen LogP contribution is 2.52. The van der Waals surface area contributed by atoms with Crippen molar-refractivity contribution in [1.82, 2.24) is 0 Å². The summed E-state index contributed by atoms with van der Waals surface area (Å²) in [5, 5.41) is 8.00. The first-order chi connectivity index (χ1) is 26.0. The average molecular weight is 618 g/mol. The molecule has 48 heavy (non-hydrogen) atoms. The summed E-state index contributed by atoms with van der Waals surface area (Å²) in [7, 11) is 0. The largest absolute Gasteiger partial charge is 0.310 e. The Balaban J connectivity index is 1.36. The summed E-state index contributed by atoms with van der Waals surface area (Å²) in [5.74, 6) is 0. The van der Waals surface area contributed by atoms with E-state index in [1.165, 1.54) is 22.3 Å². The number of benzene rings is 9. The molecule has 0 saturated carbocycles. The van der Waals surface area contributed by atoms with Gasteiger partial charge in [-0.2, -0.15) is 0 Å². The molecule has 226 valence electrons. The normalized spacial score (nSPS) is 15.1. The van der Waals surface area contributed by atoms with Gasteiger partial charge in [-0.15, -0.1) is 0 Å². The van der Waals surface area contributed by atoms with Crippen LogP contribution in [0.25, 0.3) is 65.0 Å². The third kappa shape index (κ3) is 3.85. The second kappa shape index (κ2) is 10.0. The quantitative estimate of drug-likeness (QED) is 0.178. The third-order valence-corrected chi connectivity index (χ3v) is 10.4. The van der Waals surface area contributed by atoms with E-state index in [4.69, 9.17) is 8.22 Å². The van der Waals surface area contributed by atoms with Gasteiger partial charge in [0, 0.05) is 27.6 Å². The fourth-order valence-corrected chi connectivity index (χ4v) is 8.06. The van der Waals surface area contributed by atoms with E-state index in [1.54, 1.807) is 12.1 Å². The molecule has 0 spiro atoms. The highest BCUT2D eigenvalue weighted by atomic mass is 15.1. The molecule has 0 saturated heterocycles. The van der Waals surface area contributed by atoms with Gasteiger partial charge in [0.05, 0.1) is 13.9 Å². The highest BCUT2D eigenvalue weighted by molar-refractivity contribution is 6.30. The van der Waals surface area contributed by atoms with Crippen LogP contribution in [0.2, 0.25) is 0 Å². The molecule has 0 atom stereocenters. The predicted molar refractivity (Wildman–Crippen MR) is 206 cm³/mol. The number of rotatable bonds is 3. The van der Waals surface area contributed by atoms with E-state index in [0.29, 0.717) is 21.5 Å². The molecule has 9 aromatic carbocycles. The fraction of sp³-hybridized carbons (Fsp3) is 0.0638. The maximum Gasteiger partial charge on any atom is 0.0629 e. The summed E-state index contributed by atoms with van der Waals surface area (Å²) < 4.78 is 52.0. The van der Waals surface area contributed by atoms with Crippen molar-refractivity contribution in [2.24, 2.45) is 0 Å². The van der Waals surface area contributed by atoms with Gasteiger partial charge in [0.15, 0.2) is 0 Å². The SMILES string of the molecule is [2H]c1cc2c(ccc3cc(N(c4ccc5c(c4)C(C)(C)c4ccccc4-5)c4ccc5ccccc5c4)c4ccc5c([2H])c([2H])c([2H])cc5c4c32)c([2H])c1[2H]. The summed E-state index contributed by atoms with van der Waals surface area (Å²) in [4.78, 5) is 2.30. The topological polar surface area (TPSA) is 3.24 Å². The lowest BCUT2D eigenvalue weighted by atomic mass is 9.82. The average Bonchev–Trinajstić information content (AvgIpc) is 3.41. The summed E-state index contributed by atoms with van der Waals surface area (Å²) in [6.07, 6.45) is 0. The van der Waals surface area contributed by atoms with Crippen LogP contribution >= 0.6 is 0 Å². The lowest BCUT2D eigenvalue weighted by Crippen LogP contribution is -2.16. The molecular weight excluding hydrogens is 579 g/mol. The van der Waals surface area contributed by atoms with Crippen molar-refractivity contribution < 1.29 is 8.22 Å². The molecule has 9 aromatic rings. The second-order valence-corrected chi connectivity index (χ2v) is 13.3. The summed E-state index contributed by atoms with van der Waals surface area (Å²) >= 11 is 0. The Kier molecular flexibility index (Phi) is 4.56. The van der Waals surface area contributed by atoms with Crippen molar-refractivity contribution in [2.45, 2.75) is 19.3 Å². The van der Waals surface area contributed by atoms with Gasteiger partial charge < -0.3 is 4.90 Å². The minimum atomic E-state index is -0.223. The number of fused-ring (bicyclic) bond motifs is 11. The molecular formula is C47H33N. The molecule has 0 heterocycles. The van der Waals surface area contributed by atoms with Crippen LogP contribution in [0.4, 0.5) is 17.1 Å². The highest BCUT2D eigenvalue weighted by Gasteiger charge is 2.36. The van der Waals surface area contributed by atoms with Gasteiger partial charge in [0.25, 0.3) is 0 Å². The standard InChI is InChI=1S/C47H33N/c1-47(2)42-18-10-9-17-39(42)40-26-24-36(29-43(40)47)48(35-23-21-30-11-3-4-14-33(30)27-35)44-28-34-20-19-31-12-5-7-15-37(31)45(34)46-38-16-8-6-13-32(38)22-25-41(44)46/h3-29H,1-2H3/i5D,6D,7D,8D,12D,13D. The summed E-state index contributed by atoms with van der Waals surface area (Å²) in [6, 6.07) is 43.1. The smallest absolute Gasteiger partial charge is 0.0629 e. The van der Waals surface area contributed by atoms with Crippen molar-refractivity contribution in [1.29, 1.82) is 0 Å². The second-order valence-electron chi connectivity index (χ2n) is 13.3. The zero-order chi connectivity index (χ0) is 37.2. The van der Waals surface area contributed by atoms with Gasteiger partial charge in [-0.25, -0.2) is 0 Å². The maximum absolute atomic E-state index is 8.92. The molecule has 1 heteroatoms. The van der Waals surface area contributed by atoms with Crippen LogP contribution in [0.15, 0.2) is 164 Å². The lowest BCUT2D eigenvalue weighted by Gasteiger charge is -2.30. The van der Waals surface area contributed by atoms with Gasteiger partial charge in [-0.3, -0.25) is 0 Å². The van der Waals surface area contributed by atoms with Crippen LogP contribution in [0.5, 0.6) is 0 Å². The van der Waals surface area contributed by atoms with E-state index in [9.17, 15) is 0 Å². The van der Waals surface area contributed by atoms with Crippen LogP contribution in [0.3, 0.4) is 0 Å². The van der Waals surface area contributed by atoms with Crippen LogP contribution < -0.4 is 4.90 Å². The molecule has 1 aliphatic carbocycles. The molecule has 0 bridgehead atoms. The van der Waals surface area contributed by atoms with Gasteiger partial charge in [-0.05, 0) is 95.7 Å². The Labute approximate surface area is 288 Å². The third-order valence-electron chi connectivity index (χ3n) is 10.4.